The van der Waals surface area contributed by atoms with Gasteiger partial charge in [-0.15, -0.1) is 0 Å². The number of hydrogen-bond donors (Lipinski definition) is 0. The van der Waals surface area contributed by atoms with Crippen LogP contribution in [-0.4, -0.2) is 34.4 Å². The van der Waals surface area contributed by atoms with Crippen LogP contribution in [0.4, 0.5) is 0 Å². The van der Waals surface area contributed by atoms with E-state index in [9.17, 15) is 4.79 Å². The predicted molar refractivity (Wildman–Crippen MR) is 93.0 cm³/mol. The lowest BCUT2D eigenvalue weighted by Gasteiger charge is -2.18. The Morgan fingerprint density at radius 1 is 1.52 bits per heavy atom. The van der Waals surface area contributed by atoms with Gasteiger partial charge in [-0.3, -0.25) is 9.69 Å². The average molecular weight is 384 g/mol. The molecule has 0 spiro atoms. The smallest absolute Gasteiger partial charge is 0.266 e. The molecule has 0 aromatic heterocycles. The van der Waals surface area contributed by atoms with E-state index in [1.165, 1.54) is 11.8 Å². The van der Waals surface area contributed by atoms with Gasteiger partial charge < -0.3 is 4.74 Å². The van der Waals surface area contributed by atoms with Gasteiger partial charge in [0.25, 0.3) is 5.91 Å². The zero-order valence-electron chi connectivity index (χ0n) is 11.3. The van der Waals surface area contributed by atoms with E-state index in [0.717, 1.165) is 29.5 Å². The van der Waals surface area contributed by atoms with Gasteiger partial charge in [-0.2, -0.15) is 0 Å². The summed E-state index contributed by atoms with van der Waals surface area (Å²) in [5.41, 5.74) is 0.988. The third kappa shape index (κ3) is 3.56. The molecular weight excluding hydrogens is 370 g/mol. The van der Waals surface area contributed by atoms with Gasteiger partial charge >= 0.3 is 0 Å². The molecule has 3 nitrogen and oxygen atoms in total. The van der Waals surface area contributed by atoms with Crippen molar-refractivity contribution in [2.75, 3.05) is 13.2 Å². The van der Waals surface area contributed by atoms with Gasteiger partial charge in [-0.1, -0.05) is 52.0 Å². The predicted octanol–water partition coefficient (Wildman–Crippen LogP) is 3.83. The summed E-state index contributed by atoms with van der Waals surface area (Å²) in [7, 11) is 0. The first-order valence-corrected chi connectivity index (χ1v) is 8.78. The Labute approximate surface area is 141 Å². The normalized spacial score (nSPS) is 24.3. The van der Waals surface area contributed by atoms with Crippen LogP contribution in [0.1, 0.15) is 18.4 Å². The Morgan fingerprint density at radius 2 is 2.38 bits per heavy atom. The minimum absolute atomic E-state index is 0.0134. The molecule has 0 saturated carbocycles. The van der Waals surface area contributed by atoms with Crippen LogP contribution in [0.25, 0.3) is 6.08 Å². The van der Waals surface area contributed by atoms with Crippen molar-refractivity contribution in [3.05, 3.63) is 39.2 Å². The van der Waals surface area contributed by atoms with Gasteiger partial charge in [-0.05, 0) is 36.6 Å². The molecule has 0 bridgehead atoms. The number of amides is 1. The van der Waals surface area contributed by atoms with E-state index < -0.39 is 0 Å². The standard InChI is InChI=1S/C15H14BrNO2S2/c16-11-4-1-3-10(7-11)8-13-14(18)17(15(20)21-13)9-12-5-2-6-19-12/h1,3-4,7-8,12H,2,5-6,9H2/b13-8+/t12-/m1/s1. The second-order valence-electron chi connectivity index (χ2n) is 4.98. The van der Waals surface area contributed by atoms with Crippen molar-refractivity contribution in [2.45, 2.75) is 18.9 Å². The van der Waals surface area contributed by atoms with Crippen molar-refractivity contribution in [3.8, 4) is 0 Å². The molecule has 1 atom stereocenters. The Balaban J connectivity index is 1.76. The number of rotatable bonds is 3. The number of hydrogen-bond acceptors (Lipinski definition) is 4. The number of carbonyl (C=O) groups is 1. The summed E-state index contributed by atoms with van der Waals surface area (Å²) in [6, 6.07) is 7.85. The summed E-state index contributed by atoms with van der Waals surface area (Å²) in [5.74, 6) is -0.0134. The highest BCUT2D eigenvalue weighted by molar-refractivity contribution is 9.10. The zero-order chi connectivity index (χ0) is 14.8. The van der Waals surface area contributed by atoms with Crippen LogP contribution < -0.4 is 0 Å². The first-order chi connectivity index (χ1) is 10.1. The Hall–Kier alpha value is -0.690. The maximum Gasteiger partial charge on any atom is 0.266 e. The summed E-state index contributed by atoms with van der Waals surface area (Å²) in [5, 5.41) is 0. The zero-order valence-corrected chi connectivity index (χ0v) is 14.5. The topological polar surface area (TPSA) is 29.5 Å². The summed E-state index contributed by atoms with van der Waals surface area (Å²) >= 11 is 10.1. The van der Waals surface area contributed by atoms with E-state index in [1.807, 2.05) is 30.3 Å². The van der Waals surface area contributed by atoms with Crippen molar-refractivity contribution in [3.63, 3.8) is 0 Å². The fraction of sp³-hybridized carbons (Fsp3) is 0.333. The van der Waals surface area contributed by atoms with E-state index in [2.05, 4.69) is 15.9 Å². The molecule has 1 amide bonds. The van der Waals surface area contributed by atoms with E-state index in [-0.39, 0.29) is 12.0 Å². The maximum absolute atomic E-state index is 12.5. The Bertz CT molecular complexity index is 611. The number of benzene rings is 1. The van der Waals surface area contributed by atoms with Crippen LogP contribution in [0.5, 0.6) is 0 Å². The maximum atomic E-state index is 12.5. The van der Waals surface area contributed by atoms with Crippen molar-refractivity contribution >= 4 is 56.2 Å². The minimum atomic E-state index is -0.0134. The number of thiocarbonyl (C=S) groups is 1. The van der Waals surface area contributed by atoms with Crippen LogP contribution in [0, 0.1) is 0 Å². The van der Waals surface area contributed by atoms with E-state index in [1.54, 1.807) is 4.90 Å². The molecule has 2 heterocycles. The Kier molecular flexibility index (Phi) is 4.78. The van der Waals surface area contributed by atoms with Gasteiger partial charge in [0.1, 0.15) is 4.32 Å². The van der Waals surface area contributed by atoms with Gasteiger partial charge in [-0.25, -0.2) is 0 Å². The quantitative estimate of drug-likeness (QED) is 0.585. The number of ether oxygens (including phenoxy) is 1. The fourth-order valence-electron chi connectivity index (χ4n) is 2.40. The molecule has 6 heteroatoms. The number of nitrogens with zero attached hydrogens (tertiary/aromatic N) is 1. The molecule has 0 N–H and O–H groups in total. The third-order valence-electron chi connectivity index (χ3n) is 3.43. The molecule has 2 saturated heterocycles. The molecule has 2 aliphatic heterocycles. The number of thioether (sulfide) groups is 1. The number of halogens is 1. The lowest BCUT2D eigenvalue weighted by Crippen LogP contribution is -2.35. The second-order valence-corrected chi connectivity index (χ2v) is 7.57. The van der Waals surface area contributed by atoms with Crippen molar-refractivity contribution < 1.29 is 9.53 Å². The molecule has 0 radical (unpaired) electrons. The first kappa shape index (κ1) is 15.2. The van der Waals surface area contributed by atoms with Gasteiger partial charge in [0, 0.05) is 11.1 Å². The average Bonchev–Trinajstić information content (AvgIpc) is 3.04. The largest absolute Gasteiger partial charge is 0.376 e. The highest BCUT2D eigenvalue weighted by Gasteiger charge is 2.34. The van der Waals surface area contributed by atoms with Gasteiger partial charge in [0.05, 0.1) is 17.6 Å². The first-order valence-electron chi connectivity index (χ1n) is 6.76. The highest BCUT2D eigenvalue weighted by Crippen LogP contribution is 2.33. The molecule has 2 fully saturated rings. The second kappa shape index (κ2) is 6.60. The monoisotopic (exact) mass is 383 g/mol. The van der Waals surface area contributed by atoms with Crippen LogP contribution in [0.2, 0.25) is 0 Å². The van der Waals surface area contributed by atoms with Crippen molar-refractivity contribution in [1.82, 2.24) is 4.90 Å². The molecule has 2 aliphatic rings. The third-order valence-corrected chi connectivity index (χ3v) is 5.30. The number of carbonyl (C=O) groups excluding carboxylic acids is 1. The van der Waals surface area contributed by atoms with Gasteiger partial charge in [0.2, 0.25) is 0 Å². The molecule has 0 aliphatic carbocycles. The molecule has 3 rings (SSSR count). The van der Waals surface area contributed by atoms with Crippen LogP contribution in [0.15, 0.2) is 33.6 Å². The van der Waals surface area contributed by atoms with E-state index in [0.29, 0.717) is 15.8 Å². The van der Waals surface area contributed by atoms with Crippen LogP contribution in [-0.2, 0) is 9.53 Å². The molecule has 21 heavy (non-hydrogen) atoms. The summed E-state index contributed by atoms with van der Waals surface area (Å²) < 4.78 is 7.21. The summed E-state index contributed by atoms with van der Waals surface area (Å²) in [4.78, 5) is 14.8. The van der Waals surface area contributed by atoms with Crippen molar-refractivity contribution in [2.24, 2.45) is 0 Å². The van der Waals surface area contributed by atoms with Crippen LogP contribution in [0.3, 0.4) is 0 Å². The Morgan fingerprint density at radius 3 is 3.10 bits per heavy atom. The van der Waals surface area contributed by atoms with Gasteiger partial charge in [0.15, 0.2) is 0 Å². The molecule has 1 aromatic rings. The fourth-order valence-corrected chi connectivity index (χ4v) is 4.09. The minimum Gasteiger partial charge on any atom is -0.376 e. The molecular formula is C15H14BrNO2S2. The summed E-state index contributed by atoms with van der Waals surface area (Å²) in [6.45, 7) is 1.35. The van der Waals surface area contributed by atoms with Crippen LogP contribution >= 0.6 is 39.9 Å². The molecule has 1 aromatic carbocycles. The summed E-state index contributed by atoms with van der Waals surface area (Å²) in [6.07, 6.45) is 4.08. The SMILES string of the molecule is O=C1/C(=C\c2cccc(Br)c2)SC(=S)N1C[C@H]1CCCO1. The van der Waals surface area contributed by atoms with E-state index >= 15 is 0 Å². The molecule has 110 valence electrons. The molecule has 0 unspecified atom stereocenters. The highest BCUT2D eigenvalue weighted by atomic mass is 79.9. The lowest BCUT2D eigenvalue weighted by molar-refractivity contribution is -0.123. The van der Waals surface area contributed by atoms with Crippen molar-refractivity contribution in [1.29, 1.82) is 0 Å². The van der Waals surface area contributed by atoms with E-state index in [4.69, 9.17) is 17.0 Å². The lowest BCUT2D eigenvalue weighted by atomic mass is 10.2.